The van der Waals surface area contributed by atoms with E-state index in [2.05, 4.69) is 0 Å². The van der Waals surface area contributed by atoms with Crippen molar-refractivity contribution in [2.24, 2.45) is 0 Å². The first kappa shape index (κ1) is 20.2. The summed E-state index contributed by atoms with van der Waals surface area (Å²) >= 11 is 0. The highest BCUT2D eigenvalue weighted by Crippen LogP contribution is 2.44. The number of phosphoric ester groups is 1. The lowest BCUT2D eigenvalue weighted by molar-refractivity contribution is 0.0300. The molecule has 0 amide bonds. The summed E-state index contributed by atoms with van der Waals surface area (Å²) in [6, 6.07) is 16.7. The Bertz CT molecular complexity index is 562. The Morgan fingerprint density at radius 1 is 0.750 bits per heavy atom. The number of benzene rings is 2. The number of para-hydroxylation sites is 2. The molecule has 6 heteroatoms. The van der Waals surface area contributed by atoms with Crippen LogP contribution < -0.4 is 9.05 Å². The lowest BCUT2D eigenvalue weighted by Crippen LogP contribution is -2.09. The maximum Gasteiger partial charge on any atom is 0.584 e. The van der Waals surface area contributed by atoms with Crippen molar-refractivity contribution in [1.29, 1.82) is 0 Å². The fraction of sp³-hybridized carbons (Fsp3) is 0.333. The second kappa shape index (κ2) is 10.1. The van der Waals surface area contributed by atoms with Crippen LogP contribution in [0.2, 0.25) is 0 Å². The van der Waals surface area contributed by atoms with Crippen molar-refractivity contribution in [3.8, 4) is 11.5 Å². The summed E-state index contributed by atoms with van der Waals surface area (Å²) in [5.74, 6) is 0.573. The first-order valence-corrected chi connectivity index (χ1v) is 9.25. The average Bonchev–Trinajstić information content (AvgIpc) is 2.47. The second-order valence-electron chi connectivity index (χ2n) is 5.51. The topological polar surface area (TPSA) is 65.0 Å². The van der Waals surface area contributed by atoms with Gasteiger partial charge in [0.1, 0.15) is 11.5 Å². The molecule has 0 aliphatic heterocycles. The number of hydrogen-bond donors (Lipinski definition) is 1. The highest BCUT2D eigenvalue weighted by Gasteiger charge is 2.24. The minimum Gasteiger partial charge on any atom is -0.395 e. The molecule has 0 spiro atoms. The SMILES string of the molecule is CC(C)OC(C)C.O=P(O)(Oc1ccccc1)Oc1ccccc1. The van der Waals surface area contributed by atoms with Crippen molar-refractivity contribution in [3.05, 3.63) is 60.7 Å². The number of hydrogen-bond acceptors (Lipinski definition) is 4. The molecule has 0 unspecified atom stereocenters. The molecule has 0 aromatic heterocycles. The van der Waals surface area contributed by atoms with E-state index in [1.807, 2.05) is 27.7 Å². The van der Waals surface area contributed by atoms with Crippen LogP contribution in [0.15, 0.2) is 60.7 Å². The summed E-state index contributed by atoms with van der Waals surface area (Å²) in [5, 5.41) is 0. The molecular formula is C18H25O5P. The zero-order chi connectivity index (χ0) is 18.0. The van der Waals surface area contributed by atoms with E-state index >= 15 is 0 Å². The van der Waals surface area contributed by atoms with Crippen LogP contribution >= 0.6 is 7.82 Å². The van der Waals surface area contributed by atoms with Crippen LogP contribution in [0.5, 0.6) is 11.5 Å². The monoisotopic (exact) mass is 352 g/mol. The zero-order valence-electron chi connectivity index (χ0n) is 14.5. The number of ether oxygens (including phenoxy) is 1. The predicted octanol–water partition coefficient (Wildman–Crippen LogP) is 5.06. The van der Waals surface area contributed by atoms with E-state index in [1.165, 1.54) is 0 Å². The quantitative estimate of drug-likeness (QED) is 0.736. The van der Waals surface area contributed by atoms with Crippen molar-refractivity contribution in [1.82, 2.24) is 0 Å². The third kappa shape index (κ3) is 9.36. The minimum absolute atomic E-state index is 0.286. The molecule has 0 saturated heterocycles. The molecule has 2 rings (SSSR count). The molecule has 0 fully saturated rings. The van der Waals surface area contributed by atoms with Crippen molar-refractivity contribution < 1.29 is 23.2 Å². The third-order valence-electron chi connectivity index (χ3n) is 2.47. The minimum atomic E-state index is -4.14. The Hall–Kier alpha value is -1.81. The van der Waals surface area contributed by atoms with E-state index in [-0.39, 0.29) is 11.5 Å². The van der Waals surface area contributed by atoms with Crippen LogP contribution in [0.3, 0.4) is 0 Å². The van der Waals surface area contributed by atoms with E-state index < -0.39 is 7.82 Å². The van der Waals surface area contributed by atoms with Crippen molar-refractivity contribution >= 4 is 7.82 Å². The van der Waals surface area contributed by atoms with Gasteiger partial charge in [-0.2, -0.15) is 0 Å². The fourth-order valence-electron chi connectivity index (χ4n) is 1.79. The first-order valence-electron chi connectivity index (χ1n) is 7.76. The summed E-state index contributed by atoms with van der Waals surface area (Å²) in [6.45, 7) is 8.17. The molecule has 0 atom stereocenters. The van der Waals surface area contributed by atoms with Gasteiger partial charge in [-0.3, -0.25) is 4.89 Å². The molecule has 2 aromatic carbocycles. The van der Waals surface area contributed by atoms with Gasteiger partial charge in [-0.25, -0.2) is 4.57 Å². The lowest BCUT2D eigenvalue weighted by Gasteiger charge is -2.13. The molecule has 24 heavy (non-hydrogen) atoms. The molecule has 0 aliphatic carbocycles. The molecule has 5 nitrogen and oxygen atoms in total. The van der Waals surface area contributed by atoms with Gasteiger partial charge in [0.2, 0.25) is 0 Å². The van der Waals surface area contributed by atoms with Crippen LogP contribution in [-0.2, 0) is 9.30 Å². The summed E-state index contributed by atoms with van der Waals surface area (Å²) in [4.78, 5) is 9.53. The van der Waals surface area contributed by atoms with Crippen LogP contribution in [0, 0.1) is 0 Å². The van der Waals surface area contributed by atoms with Crippen molar-refractivity contribution in [2.45, 2.75) is 39.9 Å². The summed E-state index contributed by atoms with van der Waals surface area (Å²) < 4.78 is 26.7. The van der Waals surface area contributed by atoms with Gasteiger partial charge in [-0.15, -0.1) is 0 Å². The van der Waals surface area contributed by atoms with E-state index in [1.54, 1.807) is 60.7 Å². The van der Waals surface area contributed by atoms with Gasteiger partial charge in [0.15, 0.2) is 0 Å². The number of phosphoric acid groups is 1. The molecule has 0 heterocycles. The van der Waals surface area contributed by atoms with E-state index in [9.17, 15) is 9.46 Å². The van der Waals surface area contributed by atoms with Crippen molar-refractivity contribution in [2.75, 3.05) is 0 Å². The molecule has 0 saturated carbocycles. The van der Waals surface area contributed by atoms with Gasteiger partial charge < -0.3 is 13.8 Å². The molecule has 132 valence electrons. The van der Waals surface area contributed by atoms with Gasteiger partial charge in [-0.1, -0.05) is 36.4 Å². The van der Waals surface area contributed by atoms with Crippen LogP contribution in [0.1, 0.15) is 27.7 Å². The highest BCUT2D eigenvalue weighted by molar-refractivity contribution is 7.48. The Labute approximate surface area is 143 Å². The maximum atomic E-state index is 11.7. The average molecular weight is 352 g/mol. The van der Waals surface area contributed by atoms with Gasteiger partial charge in [0, 0.05) is 0 Å². The van der Waals surface area contributed by atoms with E-state index in [0.29, 0.717) is 12.2 Å². The van der Waals surface area contributed by atoms with Gasteiger partial charge in [-0.05, 0) is 52.0 Å². The lowest BCUT2D eigenvalue weighted by atomic mass is 10.3. The Morgan fingerprint density at radius 3 is 1.33 bits per heavy atom. The van der Waals surface area contributed by atoms with Gasteiger partial charge in [0.05, 0.1) is 12.2 Å². The normalized spacial score (nSPS) is 11.0. The third-order valence-corrected chi connectivity index (χ3v) is 3.36. The second-order valence-corrected chi connectivity index (χ2v) is 6.81. The molecule has 0 bridgehead atoms. The van der Waals surface area contributed by atoms with E-state index in [0.717, 1.165) is 0 Å². The van der Waals surface area contributed by atoms with Gasteiger partial charge >= 0.3 is 7.82 Å². The highest BCUT2D eigenvalue weighted by atomic mass is 31.2. The Balaban J connectivity index is 0.000000351. The predicted molar refractivity (Wildman–Crippen MR) is 95.3 cm³/mol. The zero-order valence-corrected chi connectivity index (χ0v) is 15.4. The summed E-state index contributed by atoms with van der Waals surface area (Å²) in [6.07, 6.45) is 0.750. The number of rotatable bonds is 6. The standard InChI is InChI=1S/C12H11O4P.C6H14O/c13-17(14,15-11-7-3-1-4-8-11)16-12-9-5-2-6-10-12;1-5(2)7-6(3)4/h1-10H,(H,13,14);5-6H,1-4H3. The molecule has 0 radical (unpaired) electrons. The van der Waals surface area contributed by atoms with Crippen LogP contribution in [0.25, 0.3) is 0 Å². The van der Waals surface area contributed by atoms with Gasteiger partial charge in [0.25, 0.3) is 0 Å². The Morgan fingerprint density at radius 2 is 1.08 bits per heavy atom. The summed E-state index contributed by atoms with van der Waals surface area (Å²) in [5.41, 5.74) is 0. The molecular weight excluding hydrogens is 327 g/mol. The molecule has 2 aromatic rings. The maximum absolute atomic E-state index is 11.7. The fourth-order valence-corrected chi connectivity index (χ4v) is 2.61. The van der Waals surface area contributed by atoms with Crippen molar-refractivity contribution in [3.63, 3.8) is 0 Å². The summed E-state index contributed by atoms with van der Waals surface area (Å²) in [7, 11) is -4.14. The smallest absolute Gasteiger partial charge is 0.395 e. The molecule has 0 aliphatic rings. The van der Waals surface area contributed by atoms with Crippen LogP contribution in [-0.4, -0.2) is 17.1 Å². The largest absolute Gasteiger partial charge is 0.584 e. The van der Waals surface area contributed by atoms with Crippen LogP contribution in [0.4, 0.5) is 0 Å². The van der Waals surface area contributed by atoms with E-state index in [4.69, 9.17) is 13.8 Å². The molecule has 1 N–H and O–H groups in total. The Kier molecular flexibility index (Phi) is 8.55. The first-order chi connectivity index (χ1) is 11.3.